The van der Waals surface area contributed by atoms with Crippen molar-refractivity contribution in [3.8, 4) is 11.6 Å². The van der Waals surface area contributed by atoms with Gasteiger partial charge in [0.25, 0.3) is 0 Å². The van der Waals surface area contributed by atoms with Crippen molar-refractivity contribution in [2.75, 3.05) is 0 Å². The molecule has 6 heteroatoms. The van der Waals surface area contributed by atoms with Gasteiger partial charge in [-0.3, -0.25) is 0 Å². The Morgan fingerprint density at radius 1 is 1.60 bits per heavy atom. The highest BCUT2D eigenvalue weighted by Crippen LogP contribution is 2.16. The molecule has 6 nitrogen and oxygen atoms in total. The van der Waals surface area contributed by atoms with Gasteiger partial charge in [0.1, 0.15) is 0 Å². The fraction of sp³-hybridized carbons (Fsp3) is 0.444. The molecule has 0 bridgehead atoms. The van der Waals surface area contributed by atoms with E-state index in [-0.39, 0.29) is 6.04 Å². The number of aryl methyl sites for hydroxylation is 1. The van der Waals surface area contributed by atoms with Crippen molar-refractivity contribution in [2.45, 2.75) is 19.4 Å². The molecule has 0 radical (unpaired) electrons. The van der Waals surface area contributed by atoms with Gasteiger partial charge in [0.2, 0.25) is 11.7 Å². The van der Waals surface area contributed by atoms with E-state index in [1.54, 1.807) is 6.20 Å². The van der Waals surface area contributed by atoms with E-state index in [0.29, 0.717) is 17.5 Å². The predicted molar refractivity (Wildman–Crippen MR) is 53.7 cm³/mol. The van der Waals surface area contributed by atoms with E-state index in [4.69, 9.17) is 10.3 Å². The van der Waals surface area contributed by atoms with Crippen molar-refractivity contribution in [2.24, 2.45) is 12.8 Å². The monoisotopic (exact) mass is 207 g/mol. The predicted octanol–water partition coefficient (Wildman–Crippen LogP) is 0.880. The summed E-state index contributed by atoms with van der Waals surface area (Å²) in [5.74, 6) is 1.60. The molecule has 0 spiro atoms. The first-order valence-corrected chi connectivity index (χ1v) is 4.79. The minimum absolute atomic E-state index is 0.202. The highest BCUT2D eigenvalue weighted by Gasteiger charge is 2.15. The van der Waals surface area contributed by atoms with Crippen LogP contribution >= 0.6 is 0 Å². The number of hydrogen-bond acceptors (Lipinski definition) is 5. The van der Waals surface area contributed by atoms with E-state index in [1.807, 2.05) is 24.7 Å². The fourth-order valence-corrected chi connectivity index (χ4v) is 1.23. The lowest BCUT2D eigenvalue weighted by Gasteiger charge is -1.99. The summed E-state index contributed by atoms with van der Waals surface area (Å²) in [5, 5.41) is 3.84. The molecule has 2 aromatic rings. The number of nitrogens with two attached hydrogens (primary N) is 1. The molecule has 0 saturated heterocycles. The van der Waals surface area contributed by atoms with E-state index in [0.717, 1.165) is 6.42 Å². The Morgan fingerprint density at radius 2 is 2.40 bits per heavy atom. The molecule has 2 rings (SSSR count). The summed E-state index contributed by atoms with van der Waals surface area (Å²) in [6, 6.07) is -0.202. The van der Waals surface area contributed by atoms with Crippen LogP contribution in [-0.4, -0.2) is 19.7 Å². The van der Waals surface area contributed by atoms with Crippen molar-refractivity contribution in [3.63, 3.8) is 0 Å². The molecule has 0 fully saturated rings. The van der Waals surface area contributed by atoms with Crippen LogP contribution in [0.15, 0.2) is 16.9 Å². The third-order valence-electron chi connectivity index (χ3n) is 2.22. The molecular formula is C9H13N5O. The van der Waals surface area contributed by atoms with Crippen molar-refractivity contribution >= 4 is 0 Å². The molecule has 2 N–H and O–H groups in total. The van der Waals surface area contributed by atoms with Gasteiger partial charge in [-0.15, -0.1) is 0 Å². The van der Waals surface area contributed by atoms with Gasteiger partial charge in [-0.25, -0.2) is 4.98 Å². The molecule has 0 aliphatic heterocycles. The summed E-state index contributed by atoms with van der Waals surface area (Å²) >= 11 is 0. The number of hydrogen-bond donors (Lipinski definition) is 1. The van der Waals surface area contributed by atoms with Crippen LogP contribution in [0.25, 0.3) is 11.6 Å². The van der Waals surface area contributed by atoms with E-state index in [2.05, 4.69) is 15.1 Å². The summed E-state index contributed by atoms with van der Waals surface area (Å²) in [6.07, 6.45) is 4.28. The minimum atomic E-state index is -0.202. The molecule has 0 aliphatic rings. The van der Waals surface area contributed by atoms with Crippen LogP contribution in [0.1, 0.15) is 25.3 Å². The van der Waals surface area contributed by atoms with Crippen molar-refractivity contribution in [1.82, 2.24) is 19.7 Å². The summed E-state index contributed by atoms with van der Waals surface area (Å²) < 4.78 is 6.88. The number of nitrogens with zero attached hydrogens (tertiary/aromatic N) is 4. The maximum Gasteiger partial charge on any atom is 0.243 e. The summed E-state index contributed by atoms with van der Waals surface area (Å²) in [6.45, 7) is 1.97. The lowest BCUT2D eigenvalue weighted by Crippen LogP contribution is -2.08. The molecule has 0 aromatic carbocycles. The smallest absolute Gasteiger partial charge is 0.243 e. The molecule has 0 amide bonds. The number of imidazole rings is 1. The van der Waals surface area contributed by atoms with Crippen LogP contribution in [0.5, 0.6) is 0 Å². The van der Waals surface area contributed by atoms with Crippen molar-refractivity contribution in [3.05, 3.63) is 18.3 Å². The molecule has 2 heterocycles. The largest absolute Gasteiger partial charge is 0.337 e. The summed E-state index contributed by atoms with van der Waals surface area (Å²) in [7, 11) is 1.87. The summed E-state index contributed by atoms with van der Waals surface area (Å²) in [5.41, 5.74) is 5.78. The Labute approximate surface area is 87.1 Å². The Hall–Kier alpha value is -1.69. The lowest BCUT2D eigenvalue weighted by molar-refractivity contribution is 0.352. The van der Waals surface area contributed by atoms with Crippen LogP contribution in [0.2, 0.25) is 0 Å². The van der Waals surface area contributed by atoms with Gasteiger partial charge in [-0.05, 0) is 6.42 Å². The molecule has 0 saturated carbocycles. The molecule has 2 aromatic heterocycles. The van der Waals surface area contributed by atoms with Crippen LogP contribution in [0.4, 0.5) is 0 Å². The first kappa shape index (κ1) is 9.85. The number of aromatic nitrogens is 4. The molecule has 80 valence electrons. The zero-order valence-corrected chi connectivity index (χ0v) is 8.71. The third-order valence-corrected chi connectivity index (χ3v) is 2.22. The topological polar surface area (TPSA) is 82.8 Å². The Kier molecular flexibility index (Phi) is 2.51. The standard InChI is InChI=1S/C9H13N5O/c1-3-6(10)9-12-7(13-15-9)8-11-4-5-14(8)2/h4-6H,3,10H2,1-2H3/t6-/m1/s1. The second kappa shape index (κ2) is 3.82. The highest BCUT2D eigenvalue weighted by molar-refractivity contribution is 5.42. The van der Waals surface area contributed by atoms with Gasteiger partial charge in [0, 0.05) is 19.4 Å². The maximum atomic E-state index is 5.78. The van der Waals surface area contributed by atoms with E-state index in [1.165, 1.54) is 0 Å². The average molecular weight is 207 g/mol. The normalized spacial score (nSPS) is 13.0. The van der Waals surface area contributed by atoms with Gasteiger partial charge in [-0.1, -0.05) is 12.1 Å². The van der Waals surface area contributed by atoms with Crippen LogP contribution < -0.4 is 5.73 Å². The third kappa shape index (κ3) is 1.75. The van der Waals surface area contributed by atoms with E-state index >= 15 is 0 Å². The van der Waals surface area contributed by atoms with Gasteiger partial charge < -0.3 is 14.8 Å². The van der Waals surface area contributed by atoms with E-state index in [9.17, 15) is 0 Å². The maximum absolute atomic E-state index is 5.78. The zero-order valence-electron chi connectivity index (χ0n) is 8.71. The van der Waals surface area contributed by atoms with Crippen LogP contribution in [-0.2, 0) is 7.05 Å². The second-order valence-electron chi connectivity index (χ2n) is 3.33. The molecule has 0 unspecified atom stereocenters. The summed E-state index contributed by atoms with van der Waals surface area (Å²) in [4.78, 5) is 8.32. The van der Waals surface area contributed by atoms with Crippen molar-refractivity contribution in [1.29, 1.82) is 0 Å². The fourth-order valence-electron chi connectivity index (χ4n) is 1.23. The molecule has 0 aliphatic carbocycles. The van der Waals surface area contributed by atoms with Crippen LogP contribution in [0.3, 0.4) is 0 Å². The lowest BCUT2D eigenvalue weighted by atomic mass is 10.2. The van der Waals surface area contributed by atoms with E-state index < -0.39 is 0 Å². The van der Waals surface area contributed by atoms with Crippen LogP contribution in [0, 0.1) is 0 Å². The molecule has 15 heavy (non-hydrogen) atoms. The van der Waals surface area contributed by atoms with Gasteiger partial charge in [-0.2, -0.15) is 4.98 Å². The average Bonchev–Trinajstić information content (AvgIpc) is 2.84. The first-order chi connectivity index (χ1) is 7.22. The van der Waals surface area contributed by atoms with Gasteiger partial charge >= 0.3 is 0 Å². The Balaban J connectivity index is 2.32. The first-order valence-electron chi connectivity index (χ1n) is 4.79. The SMILES string of the molecule is CC[C@@H](N)c1nc(-c2nccn2C)no1. The zero-order chi connectivity index (χ0) is 10.8. The number of rotatable bonds is 3. The van der Waals surface area contributed by atoms with Gasteiger partial charge in [0.05, 0.1) is 6.04 Å². The highest BCUT2D eigenvalue weighted by atomic mass is 16.5. The molecule has 1 atom stereocenters. The molecular weight excluding hydrogens is 194 g/mol. The Bertz CT molecular complexity index is 447. The van der Waals surface area contributed by atoms with Crippen molar-refractivity contribution < 1.29 is 4.52 Å². The Morgan fingerprint density at radius 3 is 3.00 bits per heavy atom. The minimum Gasteiger partial charge on any atom is -0.337 e. The second-order valence-corrected chi connectivity index (χ2v) is 3.33. The quantitative estimate of drug-likeness (QED) is 0.807. The van der Waals surface area contributed by atoms with Gasteiger partial charge in [0.15, 0.2) is 5.82 Å².